The number of halogens is 1. The van der Waals surface area contributed by atoms with Crippen LogP contribution in [0.2, 0.25) is 0 Å². The average Bonchev–Trinajstić information content (AvgIpc) is 2.74. The van der Waals surface area contributed by atoms with Crippen molar-refractivity contribution in [3.05, 3.63) is 22.0 Å². The lowest BCUT2D eigenvalue weighted by Gasteiger charge is -1.89. The van der Waals surface area contributed by atoms with Crippen molar-refractivity contribution < 1.29 is 0 Å². The zero-order valence-electron chi connectivity index (χ0n) is 7.66. The first kappa shape index (κ1) is 10.1. The van der Waals surface area contributed by atoms with E-state index in [0.29, 0.717) is 5.88 Å². The number of nitrogens with zero attached hydrogens (tertiary/aromatic N) is 2. The number of alkyl halides is 1. The minimum Gasteiger partial charge on any atom is -0.143 e. The monoisotopic (exact) mass is 244 g/mol. The van der Waals surface area contributed by atoms with Gasteiger partial charge in [-0.3, -0.25) is 0 Å². The number of rotatable bonds is 3. The Morgan fingerprint density at radius 3 is 2.93 bits per heavy atom. The Labute approximate surface area is 95.6 Å². The van der Waals surface area contributed by atoms with Crippen molar-refractivity contribution in [3.8, 4) is 9.88 Å². The highest BCUT2D eigenvalue weighted by molar-refractivity contribution is 7.20. The second kappa shape index (κ2) is 4.38. The minimum atomic E-state index is 0.609. The van der Waals surface area contributed by atoms with Crippen molar-refractivity contribution >= 4 is 34.3 Å². The molecule has 0 aromatic carbocycles. The predicted octanol–water partition coefficient (Wildman–Crippen LogP) is 3.36. The van der Waals surface area contributed by atoms with Gasteiger partial charge >= 0.3 is 0 Å². The standard InChI is InChI=1S/C9H9ClN2S2/c1-6-3-5-13-8(6)9-12-11-7(14-9)2-4-10/h3,5H,2,4H2,1H3. The third-order valence-corrected chi connectivity index (χ3v) is 4.17. The quantitative estimate of drug-likeness (QED) is 0.774. The number of hydrogen-bond donors (Lipinski definition) is 0. The second-order valence-electron chi connectivity index (χ2n) is 2.87. The van der Waals surface area contributed by atoms with Gasteiger partial charge in [-0.05, 0) is 23.9 Å². The van der Waals surface area contributed by atoms with E-state index in [9.17, 15) is 0 Å². The minimum absolute atomic E-state index is 0.609. The Hall–Kier alpha value is -0.450. The normalized spacial score (nSPS) is 10.7. The molecule has 2 nitrogen and oxygen atoms in total. The first-order valence-corrected chi connectivity index (χ1v) is 6.47. The van der Waals surface area contributed by atoms with Crippen LogP contribution in [-0.4, -0.2) is 16.1 Å². The molecule has 2 heterocycles. The fourth-order valence-electron chi connectivity index (χ4n) is 1.12. The van der Waals surface area contributed by atoms with Crippen LogP contribution in [0.3, 0.4) is 0 Å². The molecule has 2 aromatic heterocycles. The van der Waals surface area contributed by atoms with E-state index in [2.05, 4.69) is 28.6 Å². The lowest BCUT2D eigenvalue weighted by atomic mass is 10.3. The maximum Gasteiger partial charge on any atom is 0.158 e. The molecule has 0 spiro atoms. The van der Waals surface area contributed by atoms with E-state index in [4.69, 9.17) is 11.6 Å². The van der Waals surface area contributed by atoms with Crippen LogP contribution in [0.4, 0.5) is 0 Å². The average molecular weight is 245 g/mol. The summed E-state index contributed by atoms with van der Waals surface area (Å²) in [5.41, 5.74) is 1.27. The fraction of sp³-hybridized carbons (Fsp3) is 0.333. The highest BCUT2D eigenvalue weighted by Gasteiger charge is 2.09. The van der Waals surface area contributed by atoms with Crippen LogP contribution in [0.1, 0.15) is 10.6 Å². The zero-order valence-corrected chi connectivity index (χ0v) is 10.0. The van der Waals surface area contributed by atoms with Gasteiger partial charge < -0.3 is 0 Å². The molecule has 0 radical (unpaired) electrons. The molecule has 0 fully saturated rings. The van der Waals surface area contributed by atoms with E-state index in [-0.39, 0.29) is 0 Å². The van der Waals surface area contributed by atoms with Gasteiger partial charge in [-0.2, -0.15) is 0 Å². The van der Waals surface area contributed by atoms with Gasteiger partial charge in [0.15, 0.2) is 5.01 Å². The lowest BCUT2D eigenvalue weighted by molar-refractivity contribution is 0.990. The molecule has 2 rings (SSSR count). The number of thiophene rings is 1. The molecular formula is C9H9ClN2S2. The molecule has 74 valence electrons. The van der Waals surface area contributed by atoms with Crippen molar-refractivity contribution in [1.82, 2.24) is 10.2 Å². The summed E-state index contributed by atoms with van der Waals surface area (Å²) in [5, 5.41) is 12.4. The highest BCUT2D eigenvalue weighted by atomic mass is 35.5. The van der Waals surface area contributed by atoms with Gasteiger partial charge in [-0.25, -0.2) is 0 Å². The van der Waals surface area contributed by atoms with Crippen LogP contribution in [0.5, 0.6) is 0 Å². The summed E-state index contributed by atoms with van der Waals surface area (Å²) < 4.78 is 0. The Balaban J connectivity index is 2.29. The van der Waals surface area contributed by atoms with Crippen molar-refractivity contribution in [3.63, 3.8) is 0 Å². The number of aryl methyl sites for hydroxylation is 2. The van der Waals surface area contributed by atoms with Crippen LogP contribution in [0.25, 0.3) is 9.88 Å². The van der Waals surface area contributed by atoms with E-state index in [1.54, 1.807) is 22.7 Å². The van der Waals surface area contributed by atoms with E-state index in [1.165, 1.54) is 10.4 Å². The van der Waals surface area contributed by atoms with Gasteiger partial charge in [0.05, 0.1) is 4.88 Å². The van der Waals surface area contributed by atoms with Gasteiger partial charge in [-0.15, -0.1) is 33.1 Å². The number of hydrogen-bond acceptors (Lipinski definition) is 4. The summed E-state index contributed by atoms with van der Waals surface area (Å²) in [6, 6.07) is 2.10. The van der Waals surface area contributed by atoms with Crippen LogP contribution in [0.15, 0.2) is 11.4 Å². The molecule has 0 unspecified atom stereocenters. The van der Waals surface area contributed by atoms with Crippen molar-refractivity contribution in [2.75, 3.05) is 5.88 Å². The van der Waals surface area contributed by atoms with Gasteiger partial charge in [0.1, 0.15) is 5.01 Å². The summed E-state index contributed by atoms with van der Waals surface area (Å²) in [7, 11) is 0. The molecular weight excluding hydrogens is 236 g/mol. The van der Waals surface area contributed by atoms with E-state index in [0.717, 1.165) is 16.4 Å². The molecule has 0 bridgehead atoms. The molecule has 2 aromatic rings. The smallest absolute Gasteiger partial charge is 0.143 e. The maximum absolute atomic E-state index is 5.64. The first-order valence-electron chi connectivity index (χ1n) is 4.24. The van der Waals surface area contributed by atoms with E-state index >= 15 is 0 Å². The van der Waals surface area contributed by atoms with Gasteiger partial charge in [0.2, 0.25) is 0 Å². The second-order valence-corrected chi connectivity index (χ2v) is 5.23. The summed E-state index contributed by atoms with van der Waals surface area (Å²) in [4.78, 5) is 1.23. The van der Waals surface area contributed by atoms with Crippen molar-refractivity contribution in [1.29, 1.82) is 0 Å². The van der Waals surface area contributed by atoms with Gasteiger partial charge in [0.25, 0.3) is 0 Å². The van der Waals surface area contributed by atoms with Crippen molar-refractivity contribution in [2.45, 2.75) is 13.3 Å². The Morgan fingerprint density at radius 1 is 1.43 bits per heavy atom. The molecule has 0 aliphatic rings. The topological polar surface area (TPSA) is 25.8 Å². The summed E-state index contributed by atoms with van der Waals surface area (Å²) >= 11 is 8.99. The molecule has 0 aliphatic heterocycles. The van der Waals surface area contributed by atoms with E-state index < -0.39 is 0 Å². The Kier molecular flexibility index (Phi) is 3.15. The molecule has 0 amide bonds. The lowest BCUT2D eigenvalue weighted by Crippen LogP contribution is -1.82. The zero-order chi connectivity index (χ0) is 9.97. The predicted molar refractivity (Wildman–Crippen MR) is 62.4 cm³/mol. The number of aromatic nitrogens is 2. The Bertz CT molecular complexity index is 422. The van der Waals surface area contributed by atoms with E-state index in [1.807, 2.05) is 0 Å². The molecule has 0 saturated heterocycles. The molecule has 0 atom stereocenters. The highest BCUT2D eigenvalue weighted by Crippen LogP contribution is 2.31. The third kappa shape index (κ3) is 1.97. The summed E-state index contributed by atoms with van der Waals surface area (Å²) in [6.45, 7) is 2.09. The maximum atomic E-state index is 5.64. The van der Waals surface area contributed by atoms with Gasteiger partial charge in [0, 0.05) is 12.3 Å². The summed E-state index contributed by atoms with van der Waals surface area (Å²) in [6.07, 6.45) is 0.809. The first-order chi connectivity index (χ1) is 6.81. The summed E-state index contributed by atoms with van der Waals surface area (Å²) in [5.74, 6) is 0.609. The van der Waals surface area contributed by atoms with Crippen LogP contribution < -0.4 is 0 Å². The van der Waals surface area contributed by atoms with Crippen LogP contribution in [0, 0.1) is 6.92 Å². The largest absolute Gasteiger partial charge is 0.158 e. The Morgan fingerprint density at radius 2 is 2.29 bits per heavy atom. The van der Waals surface area contributed by atoms with Crippen LogP contribution >= 0.6 is 34.3 Å². The molecule has 5 heteroatoms. The molecule has 0 aliphatic carbocycles. The molecule has 14 heavy (non-hydrogen) atoms. The third-order valence-electron chi connectivity index (χ3n) is 1.83. The molecule has 0 saturated carbocycles. The SMILES string of the molecule is Cc1ccsc1-c1nnc(CCCl)s1. The van der Waals surface area contributed by atoms with Gasteiger partial charge in [-0.1, -0.05) is 11.3 Å². The fourth-order valence-corrected chi connectivity index (χ4v) is 3.33. The molecule has 0 N–H and O–H groups in total. The van der Waals surface area contributed by atoms with Crippen LogP contribution in [-0.2, 0) is 6.42 Å². The van der Waals surface area contributed by atoms with Crippen molar-refractivity contribution in [2.24, 2.45) is 0 Å².